The van der Waals surface area contributed by atoms with Crippen LogP contribution in [0.5, 0.6) is 0 Å². The first-order chi connectivity index (χ1) is 20.0. The number of nitrogens with zero attached hydrogens (tertiary/aromatic N) is 2. The van der Waals surface area contributed by atoms with Gasteiger partial charge in [-0.2, -0.15) is 0 Å². The number of aryl methyl sites for hydroxylation is 1. The normalized spacial score (nSPS) is 20.0. The average Bonchev–Trinajstić information content (AvgIpc) is 3.35. The molecular weight excluding hydrogens is 561 g/mol. The molecule has 0 bridgehead atoms. The molecule has 0 amide bonds. The lowest BCUT2D eigenvalue weighted by molar-refractivity contribution is -0.163. The Balaban J connectivity index is 1.34. The Morgan fingerprint density at radius 3 is 2.55 bits per heavy atom. The Kier molecular flexibility index (Phi) is 8.78. The number of fused-ring (bicyclic) bond motifs is 4. The van der Waals surface area contributed by atoms with Gasteiger partial charge in [-0.15, -0.1) is 0 Å². The number of cyclic esters (lactones) is 1. The van der Waals surface area contributed by atoms with Gasteiger partial charge in [0, 0.05) is 26.7 Å². The number of imidazole rings is 1. The first kappa shape index (κ1) is 31.0. The summed E-state index contributed by atoms with van der Waals surface area (Å²) in [5.41, 5.74) is 4.64. The maximum absolute atomic E-state index is 12.5. The molecule has 228 valence electrons. The molecule has 1 unspecified atom stereocenters. The highest BCUT2D eigenvalue weighted by atomic mass is 28.4. The standard InChI is InChI=1S/C33H48N2O5Si2/c1-7-33(38)27-20-28-30(31(36)26(27)22-39-32(33)37)35-21-25-23(13-11-14-24(25)19-29(35)34-28)15-18-41(5,6)17-12-16-40-42(8-2,9-3)10-4/h11,13-14,19,36,38H,7-10,12,15-18,20-22H2,1-6H3. The molecule has 9 heteroatoms. The second kappa shape index (κ2) is 11.9. The van der Waals surface area contributed by atoms with Crippen LogP contribution in [0.15, 0.2) is 29.3 Å². The van der Waals surface area contributed by atoms with Crippen molar-refractivity contribution < 1.29 is 24.2 Å². The first-order valence-electron chi connectivity index (χ1n) is 15.9. The van der Waals surface area contributed by atoms with Crippen molar-refractivity contribution in [1.82, 2.24) is 9.55 Å². The third kappa shape index (κ3) is 5.49. The Labute approximate surface area is 252 Å². The number of hydrogen-bond donors (Lipinski definition) is 2. The van der Waals surface area contributed by atoms with E-state index in [0.29, 0.717) is 35.2 Å². The summed E-state index contributed by atoms with van der Waals surface area (Å²) in [4.78, 5) is 17.3. The summed E-state index contributed by atoms with van der Waals surface area (Å²) in [6.45, 7) is 15.2. The number of aromatic nitrogens is 2. The molecule has 2 N–H and O–H groups in total. The van der Waals surface area contributed by atoms with Crippen LogP contribution in [0, 0.1) is 0 Å². The molecule has 3 aliphatic rings. The van der Waals surface area contributed by atoms with Gasteiger partial charge in [-0.25, -0.2) is 9.78 Å². The zero-order valence-electron chi connectivity index (χ0n) is 26.3. The van der Waals surface area contributed by atoms with Crippen molar-refractivity contribution in [3.63, 3.8) is 0 Å². The van der Waals surface area contributed by atoms with Gasteiger partial charge in [0.2, 0.25) is 0 Å². The van der Waals surface area contributed by atoms with Gasteiger partial charge >= 0.3 is 5.97 Å². The molecule has 0 saturated carbocycles. The number of benzene rings is 1. The van der Waals surface area contributed by atoms with Gasteiger partial charge in [0.05, 0.1) is 12.2 Å². The molecule has 0 radical (unpaired) electrons. The topological polar surface area (TPSA) is 93.8 Å². The molecule has 5 rings (SSSR count). The van der Waals surface area contributed by atoms with E-state index in [4.69, 9.17) is 14.1 Å². The molecule has 7 nitrogen and oxygen atoms in total. The summed E-state index contributed by atoms with van der Waals surface area (Å²) in [7, 11) is -2.92. The smallest absolute Gasteiger partial charge is 0.342 e. The highest BCUT2D eigenvalue weighted by molar-refractivity contribution is 6.77. The van der Waals surface area contributed by atoms with Crippen molar-refractivity contribution in [2.75, 3.05) is 13.2 Å². The molecule has 0 saturated heterocycles. The van der Waals surface area contributed by atoms with E-state index in [-0.39, 0.29) is 18.8 Å². The lowest BCUT2D eigenvalue weighted by atomic mass is 9.80. The Morgan fingerprint density at radius 1 is 1.12 bits per heavy atom. The first-order valence-corrected chi connectivity index (χ1v) is 21.8. The minimum Gasteiger partial charge on any atom is -0.505 e. The summed E-state index contributed by atoms with van der Waals surface area (Å²) >= 11 is 0. The van der Waals surface area contributed by atoms with Crippen molar-refractivity contribution >= 4 is 34.2 Å². The van der Waals surface area contributed by atoms with E-state index in [1.165, 1.54) is 46.9 Å². The lowest BCUT2D eigenvalue weighted by Crippen LogP contribution is -2.49. The van der Waals surface area contributed by atoms with Crippen molar-refractivity contribution in [2.24, 2.45) is 0 Å². The third-order valence-electron chi connectivity index (χ3n) is 10.3. The molecule has 1 aliphatic carbocycles. The van der Waals surface area contributed by atoms with Crippen LogP contribution in [0.4, 0.5) is 0 Å². The molecular formula is C33H48N2O5Si2. The van der Waals surface area contributed by atoms with Crippen LogP contribution >= 0.6 is 0 Å². The van der Waals surface area contributed by atoms with Crippen LogP contribution in [0.25, 0.3) is 11.8 Å². The third-order valence-corrected chi connectivity index (χ3v) is 18.3. The van der Waals surface area contributed by atoms with Gasteiger partial charge < -0.3 is 23.9 Å². The minimum atomic E-state index is -1.72. The Morgan fingerprint density at radius 2 is 1.86 bits per heavy atom. The van der Waals surface area contributed by atoms with Gasteiger partial charge in [0.25, 0.3) is 0 Å². The number of esters is 1. The quantitative estimate of drug-likeness (QED) is 0.172. The molecule has 1 aromatic heterocycles. The lowest BCUT2D eigenvalue weighted by Gasteiger charge is -2.35. The van der Waals surface area contributed by atoms with E-state index in [1.54, 1.807) is 6.92 Å². The van der Waals surface area contributed by atoms with Gasteiger partial charge in [-0.1, -0.05) is 71.1 Å². The molecule has 3 heterocycles. The second-order valence-electron chi connectivity index (χ2n) is 13.1. The fourth-order valence-electron chi connectivity index (χ4n) is 7.04. The number of ether oxygens (including phenoxy) is 1. The predicted octanol–water partition coefficient (Wildman–Crippen LogP) is 4.95. The van der Waals surface area contributed by atoms with Gasteiger partial charge in [-0.3, -0.25) is 0 Å². The van der Waals surface area contributed by atoms with Gasteiger partial charge in [-0.05, 0) is 65.7 Å². The Hall–Kier alpha value is -2.47. The SMILES string of the molecule is CCC1(O)C(=O)OCC2=C1Cc1nc3n(c1=C2O)Cc1c(cccc1CC[Si](C)(C)CCCO[Si](CC)(CC)CC)C=3. The molecule has 42 heavy (non-hydrogen) atoms. The van der Waals surface area contributed by atoms with E-state index >= 15 is 0 Å². The number of aliphatic hydroxyl groups is 2. The molecule has 0 spiro atoms. The van der Waals surface area contributed by atoms with Crippen LogP contribution in [0.2, 0.25) is 43.3 Å². The number of carbonyl (C=O) groups is 1. The minimum absolute atomic E-state index is 0.0307. The highest BCUT2D eigenvalue weighted by Gasteiger charge is 2.47. The van der Waals surface area contributed by atoms with E-state index < -0.39 is 28.0 Å². The van der Waals surface area contributed by atoms with Crippen molar-refractivity contribution in [3.8, 4) is 0 Å². The van der Waals surface area contributed by atoms with Crippen molar-refractivity contribution in [1.29, 1.82) is 0 Å². The van der Waals surface area contributed by atoms with Crippen LogP contribution in [-0.2, 0) is 33.3 Å². The number of hydrogen-bond acceptors (Lipinski definition) is 6. The maximum Gasteiger partial charge on any atom is 0.342 e. The van der Waals surface area contributed by atoms with Crippen LogP contribution in [0.3, 0.4) is 0 Å². The van der Waals surface area contributed by atoms with E-state index in [1.807, 2.05) is 0 Å². The monoisotopic (exact) mass is 608 g/mol. The predicted molar refractivity (Wildman–Crippen MR) is 172 cm³/mol. The molecule has 0 fully saturated rings. The Bertz CT molecular complexity index is 1510. The summed E-state index contributed by atoms with van der Waals surface area (Å²) in [5.74, 6) is -0.583. The largest absolute Gasteiger partial charge is 0.505 e. The summed E-state index contributed by atoms with van der Waals surface area (Å²) < 4.78 is 13.9. The average molecular weight is 609 g/mol. The van der Waals surface area contributed by atoms with Crippen molar-refractivity contribution in [2.45, 2.75) is 109 Å². The van der Waals surface area contributed by atoms with Crippen LogP contribution in [-0.4, -0.2) is 60.9 Å². The fourth-order valence-corrected chi connectivity index (χ4v) is 12.0. The van der Waals surface area contributed by atoms with E-state index in [0.717, 1.165) is 24.9 Å². The highest BCUT2D eigenvalue weighted by Crippen LogP contribution is 2.36. The molecule has 1 aromatic carbocycles. The number of carbonyl (C=O) groups excluding carboxylic acids is 1. The maximum atomic E-state index is 12.5. The van der Waals surface area contributed by atoms with Gasteiger partial charge in [0.15, 0.2) is 13.9 Å². The van der Waals surface area contributed by atoms with Crippen LogP contribution in [0.1, 0.15) is 62.9 Å². The van der Waals surface area contributed by atoms with Gasteiger partial charge in [0.1, 0.15) is 23.2 Å². The van der Waals surface area contributed by atoms with Crippen LogP contribution < -0.4 is 10.8 Å². The molecule has 2 aliphatic heterocycles. The van der Waals surface area contributed by atoms with Crippen molar-refractivity contribution in [3.05, 3.63) is 62.6 Å². The fraction of sp³-hybridized carbons (Fsp3) is 0.576. The molecule has 2 aromatic rings. The summed E-state index contributed by atoms with van der Waals surface area (Å²) in [6.07, 6.45) is 4.83. The zero-order valence-corrected chi connectivity index (χ0v) is 28.3. The second-order valence-corrected chi connectivity index (χ2v) is 23.2. The number of aliphatic hydroxyl groups excluding tert-OH is 1. The number of rotatable bonds is 12. The van der Waals surface area contributed by atoms with E-state index in [9.17, 15) is 15.0 Å². The summed E-state index contributed by atoms with van der Waals surface area (Å²) in [5, 5.41) is 23.2. The molecule has 1 atom stereocenters. The summed E-state index contributed by atoms with van der Waals surface area (Å²) in [6, 6.07) is 12.7. The van der Waals surface area contributed by atoms with E-state index in [2.05, 4.69) is 62.7 Å². The zero-order chi connectivity index (χ0) is 30.3.